The van der Waals surface area contributed by atoms with Crippen LogP contribution in [0.25, 0.3) is 0 Å². The maximum atomic E-state index is 12.0. The molecule has 4 heteroatoms. The first kappa shape index (κ1) is 12.8. The molecular weight excluding hydrogens is 216 g/mol. The Morgan fingerprint density at radius 3 is 2.82 bits per heavy atom. The normalized spacial score (nSPS) is 25.1. The molecular formula is C13H26N2O2. The summed E-state index contributed by atoms with van der Waals surface area (Å²) in [7, 11) is 0. The van der Waals surface area contributed by atoms with E-state index >= 15 is 0 Å². The van der Waals surface area contributed by atoms with E-state index in [4.69, 9.17) is 7.10 Å². The van der Waals surface area contributed by atoms with Gasteiger partial charge in [-0.25, -0.2) is 0 Å². The molecule has 4 nitrogen and oxygen atoms in total. The van der Waals surface area contributed by atoms with Crippen molar-refractivity contribution in [3.8, 4) is 0 Å². The summed E-state index contributed by atoms with van der Waals surface area (Å²) in [6.45, 7) is 1.35. The average molecular weight is 244 g/mol. The Labute approximate surface area is 106 Å². The molecule has 0 spiro atoms. The van der Waals surface area contributed by atoms with Crippen molar-refractivity contribution in [1.82, 2.24) is 4.90 Å². The minimum Gasteiger partial charge on any atom is -0.391 e. The molecule has 1 aliphatic heterocycles. The van der Waals surface area contributed by atoms with E-state index in [0.29, 0.717) is 19.4 Å². The van der Waals surface area contributed by atoms with Crippen LogP contribution >= 0.6 is 0 Å². The lowest BCUT2D eigenvalue weighted by atomic mass is 10.1. The summed E-state index contributed by atoms with van der Waals surface area (Å²) >= 11 is 0. The molecule has 0 aromatic heterocycles. The standard InChI is InChI=1S/C13H26N2O2/c1-11-9-12(16)10-15(11)13(17)7-5-3-2-4-6-8-14/h11-12,16H,2-10,14H2,1H3/t11-,12-/m1/s1/i1T. The van der Waals surface area contributed by atoms with Gasteiger partial charge in [-0.3, -0.25) is 4.79 Å². The predicted molar refractivity (Wildman–Crippen MR) is 68.6 cm³/mol. The van der Waals surface area contributed by atoms with Crippen molar-refractivity contribution in [2.24, 2.45) is 5.73 Å². The number of nitrogens with two attached hydrogens (primary N) is 1. The molecule has 0 bridgehead atoms. The van der Waals surface area contributed by atoms with Crippen molar-refractivity contribution in [3.05, 3.63) is 0 Å². The molecule has 0 aliphatic carbocycles. The fraction of sp³-hybridized carbons (Fsp3) is 0.923. The number of carbonyl (C=O) groups is 1. The molecule has 0 aromatic carbocycles. The Hall–Kier alpha value is -0.610. The summed E-state index contributed by atoms with van der Waals surface area (Å²) < 4.78 is 7.39. The zero-order valence-corrected chi connectivity index (χ0v) is 10.6. The fourth-order valence-corrected chi connectivity index (χ4v) is 2.29. The topological polar surface area (TPSA) is 66.6 Å². The van der Waals surface area contributed by atoms with Gasteiger partial charge < -0.3 is 15.7 Å². The zero-order chi connectivity index (χ0) is 13.4. The number of likely N-dealkylation sites (tertiary alicyclic amines) is 1. The van der Waals surface area contributed by atoms with Gasteiger partial charge in [0.2, 0.25) is 5.91 Å². The quantitative estimate of drug-likeness (QED) is 0.663. The molecule has 2 atom stereocenters. The second-order valence-corrected chi connectivity index (χ2v) is 4.90. The Bertz CT molecular complexity index is 251. The van der Waals surface area contributed by atoms with Crippen molar-refractivity contribution in [2.75, 3.05) is 13.1 Å². The molecule has 0 unspecified atom stereocenters. The molecule has 17 heavy (non-hydrogen) atoms. The molecule has 100 valence electrons. The summed E-state index contributed by atoms with van der Waals surface area (Å²) in [6, 6.07) is -0.0789. The number of hydrogen-bond donors (Lipinski definition) is 2. The van der Waals surface area contributed by atoms with Crippen LogP contribution in [-0.4, -0.2) is 41.1 Å². The van der Waals surface area contributed by atoms with Crippen molar-refractivity contribution in [2.45, 2.75) is 64.0 Å². The molecule has 0 aromatic rings. The molecule has 3 N–H and O–H groups in total. The molecule has 1 heterocycles. The number of aliphatic hydroxyl groups is 1. The van der Waals surface area contributed by atoms with Gasteiger partial charge in [-0.15, -0.1) is 0 Å². The molecule has 1 amide bonds. The third-order valence-electron chi connectivity index (χ3n) is 3.31. The van der Waals surface area contributed by atoms with E-state index in [1.165, 1.54) is 0 Å². The van der Waals surface area contributed by atoms with Crippen LogP contribution in [0.5, 0.6) is 0 Å². The number of amides is 1. The third kappa shape index (κ3) is 5.04. The lowest BCUT2D eigenvalue weighted by Crippen LogP contribution is -2.34. The smallest absolute Gasteiger partial charge is 0.222 e. The number of aliphatic hydroxyl groups excluding tert-OH is 1. The van der Waals surface area contributed by atoms with Crippen LogP contribution in [0.1, 0.15) is 53.2 Å². The zero-order valence-electron chi connectivity index (χ0n) is 11.6. The molecule has 1 aliphatic rings. The fourth-order valence-electron chi connectivity index (χ4n) is 2.29. The number of β-amino-alcohol motifs (C(OH)–C–C–N with tert-alkyl or cyclic N) is 1. The number of carbonyl (C=O) groups excluding carboxylic acids is 1. The molecule has 1 fully saturated rings. The van der Waals surface area contributed by atoms with E-state index in [1.807, 2.05) is 0 Å². The van der Waals surface area contributed by atoms with Gasteiger partial charge in [-0.05, 0) is 32.7 Å². The first-order chi connectivity index (χ1) is 8.69. The molecule has 1 saturated heterocycles. The summed E-state index contributed by atoms with van der Waals surface area (Å²) in [6.07, 6.45) is 5.98. The Morgan fingerprint density at radius 1 is 1.41 bits per heavy atom. The van der Waals surface area contributed by atoms with Gasteiger partial charge in [0.25, 0.3) is 0 Å². The van der Waals surface area contributed by atoms with Gasteiger partial charge in [0.1, 0.15) is 0 Å². The second-order valence-electron chi connectivity index (χ2n) is 4.90. The van der Waals surface area contributed by atoms with E-state index in [-0.39, 0.29) is 18.8 Å². The van der Waals surface area contributed by atoms with Crippen LogP contribution < -0.4 is 5.73 Å². The number of nitrogens with zero attached hydrogens (tertiary/aromatic N) is 1. The van der Waals surface area contributed by atoms with E-state index in [0.717, 1.165) is 38.6 Å². The van der Waals surface area contributed by atoms with Crippen LogP contribution in [0.15, 0.2) is 0 Å². The average Bonchev–Trinajstić information content (AvgIpc) is 2.74. The van der Waals surface area contributed by atoms with E-state index in [2.05, 4.69) is 0 Å². The number of hydrogen-bond acceptors (Lipinski definition) is 3. The Morgan fingerprint density at radius 2 is 2.12 bits per heavy atom. The summed E-state index contributed by atoms with van der Waals surface area (Å²) in [4.78, 5) is 13.7. The van der Waals surface area contributed by atoms with E-state index in [1.54, 1.807) is 4.90 Å². The van der Waals surface area contributed by atoms with Crippen LogP contribution in [0.4, 0.5) is 0 Å². The second kappa shape index (κ2) is 7.67. The predicted octanol–water partition coefficient (Wildman–Crippen LogP) is 1.27. The molecule has 0 radical (unpaired) electrons. The summed E-state index contributed by atoms with van der Waals surface area (Å²) in [5, 5.41) is 9.53. The van der Waals surface area contributed by atoms with Gasteiger partial charge >= 0.3 is 0 Å². The maximum absolute atomic E-state index is 12.0. The number of rotatable bonds is 7. The molecule has 0 saturated carbocycles. The first-order valence-electron chi connectivity index (χ1n) is 7.36. The minimum atomic E-state index is -0.436. The Kier molecular flexibility index (Phi) is 5.79. The summed E-state index contributed by atoms with van der Waals surface area (Å²) in [5.41, 5.74) is 5.42. The van der Waals surface area contributed by atoms with Crippen LogP contribution in [0.3, 0.4) is 0 Å². The minimum absolute atomic E-state index is 0.0789. The van der Waals surface area contributed by atoms with Crippen LogP contribution in [0.2, 0.25) is 0 Å². The van der Waals surface area contributed by atoms with Gasteiger partial charge in [-0.2, -0.15) is 0 Å². The lowest BCUT2D eigenvalue weighted by molar-refractivity contribution is -0.132. The maximum Gasteiger partial charge on any atom is 0.222 e. The third-order valence-corrected chi connectivity index (χ3v) is 3.31. The van der Waals surface area contributed by atoms with Crippen molar-refractivity contribution < 1.29 is 11.3 Å². The van der Waals surface area contributed by atoms with Crippen molar-refractivity contribution in [3.63, 3.8) is 0 Å². The highest BCUT2D eigenvalue weighted by atomic mass is 16.3. The number of unbranched alkanes of at least 4 members (excludes halogenated alkanes) is 4. The highest BCUT2D eigenvalue weighted by molar-refractivity contribution is 5.76. The summed E-state index contributed by atoms with van der Waals surface area (Å²) in [5.74, 6) is 0.0997. The lowest BCUT2D eigenvalue weighted by Gasteiger charge is -2.21. The van der Waals surface area contributed by atoms with Crippen LogP contribution in [-0.2, 0) is 4.79 Å². The van der Waals surface area contributed by atoms with Gasteiger partial charge in [0.15, 0.2) is 0 Å². The highest BCUT2D eigenvalue weighted by Crippen LogP contribution is 2.19. The highest BCUT2D eigenvalue weighted by Gasteiger charge is 2.30. The largest absolute Gasteiger partial charge is 0.391 e. The first-order valence-corrected chi connectivity index (χ1v) is 6.66. The van der Waals surface area contributed by atoms with Gasteiger partial charge in [0.05, 0.1) is 6.10 Å². The van der Waals surface area contributed by atoms with Crippen LogP contribution in [0, 0.1) is 0 Å². The monoisotopic (exact) mass is 244 g/mol. The molecule has 1 rings (SSSR count). The Balaban J connectivity index is 2.16. The SMILES string of the molecule is [3H]C[C@@H]1C[C@@H](O)CN1C(=O)CCCCCCCN. The van der Waals surface area contributed by atoms with Crippen molar-refractivity contribution >= 4 is 5.91 Å². The van der Waals surface area contributed by atoms with E-state index in [9.17, 15) is 9.90 Å². The van der Waals surface area contributed by atoms with Gasteiger partial charge in [0, 0.05) is 20.4 Å². The van der Waals surface area contributed by atoms with Gasteiger partial charge in [-0.1, -0.05) is 19.3 Å². The van der Waals surface area contributed by atoms with Crippen molar-refractivity contribution in [1.29, 1.82) is 0 Å². The van der Waals surface area contributed by atoms with E-state index < -0.39 is 6.10 Å².